The summed E-state index contributed by atoms with van der Waals surface area (Å²) in [5.41, 5.74) is 0.337. The highest BCUT2D eigenvalue weighted by Crippen LogP contribution is 2.22. The third kappa shape index (κ3) is 3.84. The predicted molar refractivity (Wildman–Crippen MR) is 88.4 cm³/mol. The van der Waals surface area contributed by atoms with Gasteiger partial charge >= 0.3 is 0 Å². The van der Waals surface area contributed by atoms with Crippen LogP contribution in [0.2, 0.25) is 0 Å². The van der Waals surface area contributed by atoms with E-state index in [1.165, 1.54) is 18.5 Å². The van der Waals surface area contributed by atoms with Gasteiger partial charge in [0, 0.05) is 25.8 Å². The van der Waals surface area contributed by atoms with Crippen molar-refractivity contribution < 1.29 is 19.8 Å². The Morgan fingerprint density at radius 2 is 2.00 bits per heavy atom. The number of hydrogen-bond acceptors (Lipinski definition) is 5. The minimum absolute atomic E-state index is 0.0486. The van der Waals surface area contributed by atoms with E-state index in [2.05, 4.69) is 4.98 Å². The Balaban J connectivity index is 2.17. The zero-order valence-corrected chi connectivity index (χ0v) is 14.3. The van der Waals surface area contributed by atoms with Gasteiger partial charge in [-0.25, -0.2) is 0 Å². The summed E-state index contributed by atoms with van der Waals surface area (Å²) in [7, 11) is 0. The van der Waals surface area contributed by atoms with Crippen LogP contribution >= 0.6 is 0 Å². The normalized spacial score (nSPS) is 19.5. The number of piperazine rings is 1. The van der Waals surface area contributed by atoms with Crippen molar-refractivity contribution in [2.24, 2.45) is 11.8 Å². The van der Waals surface area contributed by atoms with E-state index < -0.39 is 5.92 Å². The lowest BCUT2D eigenvalue weighted by molar-refractivity contribution is -0.139. The van der Waals surface area contributed by atoms with Gasteiger partial charge in [-0.1, -0.05) is 20.8 Å². The van der Waals surface area contributed by atoms with E-state index in [0.29, 0.717) is 25.2 Å². The topological polar surface area (TPSA) is 94.0 Å². The Hall–Kier alpha value is -2.15. The summed E-state index contributed by atoms with van der Waals surface area (Å²) in [4.78, 5) is 32.4. The van der Waals surface area contributed by atoms with Crippen LogP contribution in [-0.2, 0) is 4.79 Å². The summed E-state index contributed by atoms with van der Waals surface area (Å²) in [6.07, 6.45) is 2.72. The third-order valence-electron chi connectivity index (χ3n) is 4.43. The van der Waals surface area contributed by atoms with E-state index in [9.17, 15) is 19.8 Å². The van der Waals surface area contributed by atoms with Crippen molar-refractivity contribution in [3.05, 3.63) is 24.0 Å². The molecule has 1 aliphatic rings. The molecule has 0 bridgehead atoms. The standard InChI is InChI=1S/C17H25N3O4/c1-11(2)15-9-19(16(23)12(3)10-21)4-5-20(15)17(24)13-6-14(22)8-18-7-13/h6-8,11-12,15,21-22H,4-5,9-10H2,1-3H3/t12?,15-/m1/s1. The fourth-order valence-electron chi connectivity index (χ4n) is 2.93. The number of rotatable bonds is 4. The van der Waals surface area contributed by atoms with Gasteiger partial charge in [0.05, 0.1) is 30.3 Å². The molecule has 0 spiro atoms. The number of carbonyl (C=O) groups is 2. The number of hydrogen-bond donors (Lipinski definition) is 2. The van der Waals surface area contributed by atoms with Gasteiger partial charge in [0.1, 0.15) is 5.75 Å². The molecule has 2 N–H and O–H groups in total. The summed E-state index contributed by atoms with van der Waals surface area (Å²) in [5.74, 6) is -0.601. The van der Waals surface area contributed by atoms with E-state index in [4.69, 9.17) is 0 Å². The van der Waals surface area contributed by atoms with Crippen molar-refractivity contribution in [1.29, 1.82) is 0 Å². The van der Waals surface area contributed by atoms with E-state index in [1.54, 1.807) is 16.7 Å². The van der Waals surface area contributed by atoms with Gasteiger partial charge in [0.25, 0.3) is 5.91 Å². The highest BCUT2D eigenvalue weighted by atomic mass is 16.3. The fraction of sp³-hybridized carbons (Fsp3) is 0.588. The van der Waals surface area contributed by atoms with Gasteiger partial charge < -0.3 is 20.0 Å². The summed E-state index contributed by atoms with van der Waals surface area (Å²) in [6.45, 7) is 6.83. The van der Waals surface area contributed by atoms with Crippen LogP contribution in [0.1, 0.15) is 31.1 Å². The summed E-state index contributed by atoms with van der Waals surface area (Å²) in [5, 5.41) is 18.7. The van der Waals surface area contributed by atoms with Crippen molar-refractivity contribution >= 4 is 11.8 Å². The molecule has 132 valence electrons. The highest BCUT2D eigenvalue weighted by molar-refractivity contribution is 5.94. The molecule has 1 aliphatic heterocycles. The van der Waals surface area contributed by atoms with Crippen molar-refractivity contribution in [1.82, 2.24) is 14.8 Å². The van der Waals surface area contributed by atoms with Crippen molar-refractivity contribution in [3.8, 4) is 5.75 Å². The van der Waals surface area contributed by atoms with Crippen LogP contribution in [0, 0.1) is 11.8 Å². The summed E-state index contributed by atoms with van der Waals surface area (Å²) >= 11 is 0. The van der Waals surface area contributed by atoms with Crippen LogP contribution in [0.4, 0.5) is 0 Å². The SMILES string of the molecule is CC(CO)C(=O)N1CCN(C(=O)c2cncc(O)c2)[C@@H](C(C)C)C1. The Labute approximate surface area is 141 Å². The van der Waals surface area contributed by atoms with Gasteiger partial charge in [-0.3, -0.25) is 14.6 Å². The Kier molecular flexibility index (Phi) is 5.77. The zero-order chi connectivity index (χ0) is 17.9. The van der Waals surface area contributed by atoms with Crippen LogP contribution in [0.3, 0.4) is 0 Å². The molecular formula is C17H25N3O4. The molecule has 7 nitrogen and oxygen atoms in total. The maximum absolute atomic E-state index is 12.8. The summed E-state index contributed by atoms with van der Waals surface area (Å²) < 4.78 is 0. The molecule has 2 amide bonds. The molecule has 1 fully saturated rings. The Morgan fingerprint density at radius 1 is 1.29 bits per heavy atom. The molecule has 2 atom stereocenters. The molecule has 1 aromatic heterocycles. The average molecular weight is 335 g/mol. The number of aliphatic hydroxyl groups is 1. The molecule has 7 heteroatoms. The molecule has 1 saturated heterocycles. The maximum Gasteiger partial charge on any atom is 0.255 e. The second-order valence-electron chi connectivity index (χ2n) is 6.61. The number of aromatic hydroxyl groups is 1. The van der Waals surface area contributed by atoms with Crippen LogP contribution in [0.5, 0.6) is 5.75 Å². The Bertz CT molecular complexity index is 605. The molecule has 0 aliphatic carbocycles. The molecule has 0 aromatic carbocycles. The summed E-state index contributed by atoms with van der Waals surface area (Å²) in [6, 6.07) is 1.28. The highest BCUT2D eigenvalue weighted by Gasteiger charge is 2.35. The van der Waals surface area contributed by atoms with E-state index in [1.807, 2.05) is 13.8 Å². The first-order valence-corrected chi connectivity index (χ1v) is 8.19. The second-order valence-corrected chi connectivity index (χ2v) is 6.61. The first-order valence-electron chi connectivity index (χ1n) is 8.19. The molecule has 2 heterocycles. The van der Waals surface area contributed by atoms with Gasteiger partial charge in [-0.15, -0.1) is 0 Å². The first-order chi connectivity index (χ1) is 11.3. The molecule has 0 saturated carbocycles. The van der Waals surface area contributed by atoms with E-state index in [-0.39, 0.29) is 36.1 Å². The minimum Gasteiger partial charge on any atom is -0.506 e. The van der Waals surface area contributed by atoms with Crippen LogP contribution in [0.25, 0.3) is 0 Å². The van der Waals surface area contributed by atoms with Gasteiger partial charge in [-0.05, 0) is 12.0 Å². The van der Waals surface area contributed by atoms with Crippen LogP contribution < -0.4 is 0 Å². The van der Waals surface area contributed by atoms with Gasteiger partial charge in [0.15, 0.2) is 0 Å². The lowest BCUT2D eigenvalue weighted by atomic mass is 9.97. The maximum atomic E-state index is 12.8. The van der Waals surface area contributed by atoms with Crippen molar-refractivity contribution in [2.45, 2.75) is 26.8 Å². The third-order valence-corrected chi connectivity index (χ3v) is 4.43. The largest absolute Gasteiger partial charge is 0.506 e. The lowest BCUT2D eigenvalue weighted by Gasteiger charge is -2.44. The molecule has 2 rings (SSSR count). The lowest BCUT2D eigenvalue weighted by Crippen LogP contribution is -2.59. The van der Waals surface area contributed by atoms with Crippen LogP contribution in [0.15, 0.2) is 18.5 Å². The number of amides is 2. The molecule has 1 unspecified atom stereocenters. The van der Waals surface area contributed by atoms with Crippen LogP contribution in [-0.4, -0.2) is 69.1 Å². The number of aromatic nitrogens is 1. The van der Waals surface area contributed by atoms with E-state index in [0.717, 1.165) is 0 Å². The average Bonchev–Trinajstić information content (AvgIpc) is 2.59. The number of nitrogens with zero attached hydrogens (tertiary/aromatic N) is 3. The second kappa shape index (κ2) is 7.61. The first kappa shape index (κ1) is 18.2. The monoisotopic (exact) mass is 335 g/mol. The van der Waals surface area contributed by atoms with Gasteiger partial charge in [0.2, 0.25) is 5.91 Å². The molecule has 24 heavy (non-hydrogen) atoms. The van der Waals surface area contributed by atoms with Crippen molar-refractivity contribution in [3.63, 3.8) is 0 Å². The smallest absolute Gasteiger partial charge is 0.255 e. The molecule has 0 radical (unpaired) electrons. The molecule has 1 aromatic rings. The predicted octanol–water partition coefficient (Wildman–Crippen LogP) is 0.725. The molecular weight excluding hydrogens is 310 g/mol. The van der Waals surface area contributed by atoms with Gasteiger partial charge in [-0.2, -0.15) is 0 Å². The minimum atomic E-state index is -0.435. The quantitative estimate of drug-likeness (QED) is 0.846. The van der Waals surface area contributed by atoms with E-state index >= 15 is 0 Å². The Morgan fingerprint density at radius 3 is 2.58 bits per heavy atom. The number of carbonyl (C=O) groups excluding carboxylic acids is 2. The fourth-order valence-corrected chi connectivity index (χ4v) is 2.93. The van der Waals surface area contributed by atoms with Crippen molar-refractivity contribution in [2.75, 3.05) is 26.2 Å². The zero-order valence-electron chi connectivity index (χ0n) is 14.3. The number of aliphatic hydroxyl groups excluding tert-OH is 1. The number of pyridine rings is 1.